The summed E-state index contributed by atoms with van der Waals surface area (Å²) >= 11 is 3.57. The van der Waals surface area contributed by atoms with Gasteiger partial charge in [-0.3, -0.25) is 4.79 Å². The van der Waals surface area contributed by atoms with Gasteiger partial charge >= 0.3 is 0 Å². The van der Waals surface area contributed by atoms with Crippen molar-refractivity contribution >= 4 is 32.6 Å². The first-order valence-electron chi connectivity index (χ1n) is 9.46. The number of nitrogens with one attached hydrogen (secondary N) is 1. The Morgan fingerprint density at radius 3 is 2.61 bits per heavy atom. The molecule has 1 N–H and O–H groups in total. The molecule has 0 bridgehead atoms. The molecule has 0 saturated carbocycles. The lowest BCUT2D eigenvalue weighted by molar-refractivity contribution is -0.123. The molecule has 5 heteroatoms. The van der Waals surface area contributed by atoms with Gasteiger partial charge in [0.1, 0.15) is 11.5 Å². The van der Waals surface area contributed by atoms with Crippen LogP contribution >= 0.6 is 15.9 Å². The van der Waals surface area contributed by atoms with E-state index in [4.69, 9.17) is 9.47 Å². The third-order valence-electron chi connectivity index (χ3n) is 4.40. The molecular formula is C23H24BrNO3. The zero-order chi connectivity index (χ0) is 19.8. The van der Waals surface area contributed by atoms with Crippen LogP contribution < -0.4 is 14.8 Å². The zero-order valence-corrected chi connectivity index (χ0v) is 17.5. The average Bonchev–Trinajstić information content (AvgIpc) is 2.72. The number of rotatable bonds is 9. The third kappa shape index (κ3) is 5.26. The molecule has 146 valence electrons. The number of carbonyl (C=O) groups is 1. The van der Waals surface area contributed by atoms with Crippen molar-refractivity contribution in [2.24, 2.45) is 0 Å². The van der Waals surface area contributed by atoms with E-state index in [9.17, 15) is 4.79 Å². The van der Waals surface area contributed by atoms with Crippen molar-refractivity contribution in [1.29, 1.82) is 0 Å². The quantitative estimate of drug-likeness (QED) is 0.468. The maximum absolute atomic E-state index is 12.1. The summed E-state index contributed by atoms with van der Waals surface area (Å²) in [4.78, 5) is 12.1. The number of fused-ring (bicyclic) bond motifs is 1. The molecule has 3 rings (SSSR count). The molecular weight excluding hydrogens is 418 g/mol. The fourth-order valence-corrected chi connectivity index (χ4v) is 3.64. The molecule has 0 aliphatic heterocycles. The van der Waals surface area contributed by atoms with Crippen LogP contribution in [0.2, 0.25) is 0 Å². The van der Waals surface area contributed by atoms with Gasteiger partial charge in [0.2, 0.25) is 0 Å². The summed E-state index contributed by atoms with van der Waals surface area (Å²) in [5, 5.41) is 5.10. The minimum atomic E-state index is -0.127. The maximum atomic E-state index is 12.1. The SMILES string of the molecule is CCOc1ccccc1CCCNC(=O)COc1ccc2ccccc2c1Br. The molecule has 0 heterocycles. The number of amides is 1. The van der Waals surface area contributed by atoms with Crippen LogP contribution in [0.4, 0.5) is 0 Å². The van der Waals surface area contributed by atoms with Gasteiger partial charge < -0.3 is 14.8 Å². The zero-order valence-electron chi connectivity index (χ0n) is 15.9. The monoisotopic (exact) mass is 441 g/mol. The normalized spacial score (nSPS) is 10.6. The van der Waals surface area contributed by atoms with Gasteiger partial charge in [0.15, 0.2) is 6.61 Å². The predicted molar refractivity (Wildman–Crippen MR) is 116 cm³/mol. The molecule has 0 atom stereocenters. The summed E-state index contributed by atoms with van der Waals surface area (Å²) in [5.41, 5.74) is 1.16. The summed E-state index contributed by atoms with van der Waals surface area (Å²) in [6, 6.07) is 19.9. The first kappa shape index (κ1) is 20.2. The maximum Gasteiger partial charge on any atom is 0.257 e. The van der Waals surface area contributed by atoms with Crippen molar-refractivity contribution in [3.05, 3.63) is 70.7 Å². The molecule has 0 spiro atoms. The standard InChI is InChI=1S/C23H24BrNO3/c1-2-27-20-12-6-4-9-18(20)10-7-15-25-22(26)16-28-21-14-13-17-8-3-5-11-19(17)23(21)24/h3-6,8-9,11-14H,2,7,10,15-16H2,1H3,(H,25,26). The topological polar surface area (TPSA) is 47.6 Å². The smallest absolute Gasteiger partial charge is 0.257 e. The Balaban J connectivity index is 1.45. The highest BCUT2D eigenvalue weighted by atomic mass is 79.9. The molecule has 0 saturated heterocycles. The Morgan fingerprint density at radius 2 is 1.75 bits per heavy atom. The van der Waals surface area contributed by atoms with Gasteiger partial charge in [0.05, 0.1) is 11.1 Å². The van der Waals surface area contributed by atoms with Crippen molar-refractivity contribution in [3.8, 4) is 11.5 Å². The molecule has 0 radical (unpaired) electrons. The van der Waals surface area contributed by atoms with Gasteiger partial charge in [0, 0.05) is 6.54 Å². The lowest BCUT2D eigenvalue weighted by Crippen LogP contribution is -2.30. The van der Waals surface area contributed by atoms with Crippen molar-refractivity contribution < 1.29 is 14.3 Å². The Morgan fingerprint density at radius 1 is 0.964 bits per heavy atom. The molecule has 0 aliphatic rings. The largest absolute Gasteiger partial charge is 0.494 e. The van der Waals surface area contributed by atoms with Crippen molar-refractivity contribution in [3.63, 3.8) is 0 Å². The molecule has 0 aromatic heterocycles. The lowest BCUT2D eigenvalue weighted by Gasteiger charge is -2.12. The van der Waals surface area contributed by atoms with Crippen LogP contribution in [-0.2, 0) is 11.2 Å². The van der Waals surface area contributed by atoms with Gasteiger partial charge in [-0.25, -0.2) is 0 Å². The number of ether oxygens (including phenoxy) is 2. The van der Waals surface area contributed by atoms with Crippen LogP contribution in [0.3, 0.4) is 0 Å². The van der Waals surface area contributed by atoms with E-state index in [-0.39, 0.29) is 12.5 Å². The average molecular weight is 442 g/mol. The molecule has 4 nitrogen and oxygen atoms in total. The molecule has 1 amide bonds. The highest BCUT2D eigenvalue weighted by Crippen LogP contribution is 2.32. The van der Waals surface area contributed by atoms with Crippen LogP contribution in [-0.4, -0.2) is 25.7 Å². The minimum absolute atomic E-state index is 0.00747. The van der Waals surface area contributed by atoms with E-state index in [1.165, 1.54) is 0 Å². The summed E-state index contributed by atoms with van der Waals surface area (Å²) in [7, 11) is 0. The summed E-state index contributed by atoms with van der Waals surface area (Å²) < 4.78 is 12.2. The van der Waals surface area contributed by atoms with Gasteiger partial charge in [0.25, 0.3) is 5.91 Å². The Hall–Kier alpha value is -2.53. The number of hydrogen-bond acceptors (Lipinski definition) is 3. The molecule has 0 unspecified atom stereocenters. The summed E-state index contributed by atoms with van der Waals surface area (Å²) in [6.45, 7) is 3.22. The second-order valence-corrected chi connectivity index (χ2v) is 7.17. The van der Waals surface area contributed by atoms with E-state index in [0.717, 1.165) is 39.4 Å². The molecule has 28 heavy (non-hydrogen) atoms. The highest BCUT2D eigenvalue weighted by molar-refractivity contribution is 9.10. The fraction of sp³-hybridized carbons (Fsp3) is 0.261. The summed E-state index contributed by atoms with van der Waals surface area (Å²) in [5.74, 6) is 1.46. The Bertz CT molecular complexity index is 942. The van der Waals surface area contributed by atoms with Gasteiger partial charge in [-0.05, 0) is 64.2 Å². The first-order valence-corrected chi connectivity index (χ1v) is 10.3. The lowest BCUT2D eigenvalue weighted by atomic mass is 10.1. The predicted octanol–water partition coefficient (Wildman–Crippen LogP) is 5.13. The van der Waals surface area contributed by atoms with Crippen molar-refractivity contribution in [2.75, 3.05) is 19.8 Å². The second-order valence-electron chi connectivity index (χ2n) is 6.38. The van der Waals surface area contributed by atoms with E-state index in [0.29, 0.717) is 18.9 Å². The number of carbonyl (C=O) groups excluding carboxylic acids is 1. The number of benzene rings is 3. The van der Waals surface area contributed by atoms with E-state index in [2.05, 4.69) is 27.3 Å². The van der Waals surface area contributed by atoms with E-state index in [1.54, 1.807) is 0 Å². The van der Waals surface area contributed by atoms with Crippen molar-refractivity contribution in [1.82, 2.24) is 5.32 Å². The number of halogens is 1. The third-order valence-corrected chi connectivity index (χ3v) is 5.22. The molecule has 3 aromatic carbocycles. The molecule has 0 aliphatic carbocycles. The van der Waals surface area contributed by atoms with Gasteiger partial charge in [-0.2, -0.15) is 0 Å². The van der Waals surface area contributed by atoms with Crippen molar-refractivity contribution in [2.45, 2.75) is 19.8 Å². The highest BCUT2D eigenvalue weighted by Gasteiger charge is 2.09. The fourth-order valence-electron chi connectivity index (χ4n) is 3.03. The molecule has 3 aromatic rings. The van der Waals surface area contributed by atoms with E-state index >= 15 is 0 Å². The van der Waals surface area contributed by atoms with Crippen LogP contribution in [0.15, 0.2) is 65.1 Å². The van der Waals surface area contributed by atoms with E-state index < -0.39 is 0 Å². The van der Waals surface area contributed by atoms with E-state index in [1.807, 2.05) is 61.5 Å². The summed E-state index contributed by atoms with van der Waals surface area (Å²) in [6.07, 6.45) is 1.70. The van der Waals surface area contributed by atoms with Crippen LogP contribution in [0.25, 0.3) is 10.8 Å². The minimum Gasteiger partial charge on any atom is -0.494 e. The Kier molecular flexibility index (Phi) is 7.31. The Labute approximate surface area is 174 Å². The molecule has 0 fully saturated rings. The van der Waals surface area contributed by atoms with Crippen LogP contribution in [0, 0.1) is 0 Å². The van der Waals surface area contributed by atoms with Crippen LogP contribution in [0.5, 0.6) is 11.5 Å². The second kappa shape index (κ2) is 10.1. The first-order chi connectivity index (χ1) is 13.7. The van der Waals surface area contributed by atoms with Gasteiger partial charge in [-0.15, -0.1) is 0 Å². The number of aryl methyl sites for hydroxylation is 1. The number of para-hydroxylation sites is 1. The van der Waals surface area contributed by atoms with Crippen LogP contribution in [0.1, 0.15) is 18.9 Å². The number of hydrogen-bond donors (Lipinski definition) is 1. The van der Waals surface area contributed by atoms with Gasteiger partial charge in [-0.1, -0.05) is 48.5 Å².